The number of likely N-dealkylation sites (tertiary alicyclic amines) is 2. The SMILES string of the molecule is O=C(c1cccnc1)N1CC(O)CC2(CCN(Cc3cnsc3)CC2)C1. The number of amides is 1. The average Bonchev–Trinajstić information content (AvgIpc) is 3.16. The molecule has 26 heavy (non-hydrogen) atoms. The summed E-state index contributed by atoms with van der Waals surface area (Å²) < 4.78 is 4.17. The fourth-order valence-electron chi connectivity index (χ4n) is 4.29. The van der Waals surface area contributed by atoms with Crippen molar-refractivity contribution in [3.8, 4) is 0 Å². The molecule has 0 aliphatic carbocycles. The molecule has 2 saturated heterocycles. The maximum absolute atomic E-state index is 12.8. The number of hydrogen-bond acceptors (Lipinski definition) is 6. The first-order valence-electron chi connectivity index (χ1n) is 9.12. The molecule has 4 rings (SSSR count). The van der Waals surface area contributed by atoms with Gasteiger partial charge in [-0.1, -0.05) is 0 Å². The molecule has 2 aromatic heterocycles. The molecule has 1 N–H and O–H groups in total. The van der Waals surface area contributed by atoms with Gasteiger partial charge in [-0.05, 0) is 67.0 Å². The van der Waals surface area contributed by atoms with Crippen LogP contribution in [0.5, 0.6) is 0 Å². The number of hydrogen-bond donors (Lipinski definition) is 1. The van der Waals surface area contributed by atoms with Crippen molar-refractivity contribution < 1.29 is 9.90 Å². The number of rotatable bonds is 3. The molecule has 7 heteroatoms. The highest BCUT2D eigenvalue weighted by atomic mass is 32.1. The van der Waals surface area contributed by atoms with Crippen molar-refractivity contribution in [3.63, 3.8) is 0 Å². The number of pyridine rings is 1. The zero-order chi connectivity index (χ0) is 18.0. The quantitative estimate of drug-likeness (QED) is 0.893. The van der Waals surface area contributed by atoms with E-state index in [1.54, 1.807) is 24.5 Å². The van der Waals surface area contributed by atoms with Crippen LogP contribution in [-0.2, 0) is 6.54 Å². The summed E-state index contributed by atoms with van der Waals surface area (Å²) in [6.07, 6.45) is 7.58. The first kappa shape index (κ1) is 17.6. The van der Waals surface area contributed by atoms with Gasteiger partial charge in [0.15, 0.2) is 0 Å². The smallest absolute Gasteiger partial charge is 0.255 e. The molecule has 2 aromatic rings. The molecular weight excluding hydrogens is 348 g/mol. The third-order valence-corrected chi connectivity index (χ3v) is 6.26. The third-order valence-electron chi connectivity index (χ3n) is 5.63. The molecule has 1 atom stereocenters. The summed E-state index contributed by atoms with van der Waals surface area (Å²) in [6, 6.07) is 3.57. The largest absolute Gasteiger partial charge is 0.391 e. The number of piperidine rings is 2. The number of carbonyl (C=O) groups is 1. The minimum absolute atomic E-state index is 0.0250. The zero-order valence-corrected chi connectivity index (χ0v) is 15.6. The van der Waals surface area contributed by atoms with Crippen LogP contribution in [0.1, 0.15) is 35.2 Å². The van der Waals surface area contributed by atoms with Gasteiger partial charge in [0.25, 0.3) is 5.91 Å². The normalized spacial score (nSPS) is 23.3. The van der Waals surface area contributed by atoms with Crippen LogP contribution in [0.2, 0.25) is 0 Å². The number of aromatic nitrogens is 2. The van der Waals surface area contributed by atoms with Gasteiger partial charge in [-0.15, -0.1) is 0 Å². The fraction of sp³-hybridized carbons (Fsp3) is 0.526. The molecule has 0 saturated carbocycles. The van der Waals surface area contributed by atoms with Crippen LogP contribution >= 0.6 is 11.5 Å². The van der Waals surface area contributed by atoms with Gasteiger partial charge in [-0.3, -0.25) is 14.7 Å². The monoisotopic (exact) mass is 372 g/mol. The molecule has 138 valence electrons. The van der Waals surface area contributed by atoms with Crippen molar-refractivity contribution in [1.29, 1.82) is 0 Å². The molecule has 1 unspecified atom stereocenters. The molecule has 4 heterocycles. The molecule has 1 spiro atoms. The summed E-state index contributed by atoms with van der Waals surface area (Å²) in [5, 5.41) is 12.5. The van der Waals surface area contributed by atoms with Crippen molar-refractivity contribution in [2.75, 3.05) is 26.2 Å². The first-order valence-corrected chi connectivity index (χ1v) is 9.95. The molecule has 0 aromatic carbocycles. The van der Waals surface area contributed by atoms with Crippen LogP contribution in [0, 0.1) is 5.41 Å². The number of carbonyl (C=O) groups excluding carboxylic acids is 1. The summed E-state index contributed by atoms with van der Waals surface area (Å²) in [4.78, 5) is 21.1. The molecule has 1 amide bonds. The lowest BCUT2D eigenvalue weighted by Crippen LogP contribution is -2.55. The number of aliphatic hydroxyl groups is 1. The fourth-order valence-corrected chi connectivity index (χ4v) is 4.82. The third kappa shape index (κ3) is 3.79. The second-order valence-corrected chi connectivity index (χ2v) is 8.25. The average molecular weight is 372 g/mol. The molecule has 6 nitrogen and oxygen atoms in total. The van der Waals surface area contributed by atoms with Crippen molar-refractivity contribution in [2.45, 2.75) is 31.9 Å². The second kappa shape index (κ2) is 7.42. The van der Waals surface area contributed by atoms with Gasteiger partial charge in [0.05, 0.1) is 11.7 Å². The summed E-state index contributed by atoms with van der Waals surface area (Å²) >= 11 is 1.49. The predicted octanol–water partition coefficient (Wildman–Crippen LogP) is 2.03. The van der Waals surface area contributed by atoms with Crippen LogP contribution in [0.15, 0.2) is 36.1 Å². The number of β-amino-alcohol motifs (C(OH)–C–C–N with tert-alkyl or cyclic N) is 1. The van der Waals surface area contributed by atoms with Gasteiger partial charge in [-0.25, -0.2) is 4.37 Å². The van der Waals surface area contributed by atoms with E-state index >= 15 is 0 Å². The van der Waals surface area contributed by atoms with Crippen molar-refractivity contribution in [1.82, 2.24) is 19.2 Å². The van der Waals surface area contributed by atoms with E-state index in [1.807, 2.05) is 11.1 Å². The molecule has 0 radical (unpaired) electrons. The Morgan fingerprint density at radius 1 is 1.35 bits per heavy atom. The van der Waals surface area contributed by atoms with E-state index in [4.69, 9.17) is 0 Å². The van der Waals surface area contributed by atoms with Crippen LogP contribution in [0.25, 0.3) is 0 Å². The van der Waals surface area contributed by atoms with Crippen LogP contribution < -0.4 is 0 Å². The maximum atomic E-state index is 12.8. The minimum Gasteiger partial charge on any atom is -0.391 e. The van der Waals surface area contributed by atoms with Crippen LogP contribution in [0.4, 0.5) is 0 Å². The highest BCUT2D eigenvalue weighted by molar-refractivity contribution is 7.03. The molecule has 2 aliphatic rings. The topological polar surface area (TPSA) is 69.6 Å². The van der Waals surface area contributed by atoms with E-state index in [9.17, 15) is 9.90 Å². The second-order valence-electron chi connectivity index (χ2n) is 7.59. The van der Waals surface area contributed by atoms with Gasteiger partial charge < -0.3 is 10.0 Å². The van der Waals surface area contributed by atoms with E-state index in [0.717, 1.165) is 45.4 Å². The lowest BCUT2D eigenvalue weighted by Gasteiger charge is -2.49. The summed E-state index contributed by atoms with van der Waals surface area (Å²) in [5.41, 5.74) is 1.89. The Hall–Kier alpha value is -1.83. The zero-order valence-electron chi connectivity index (χ0n) is 14.8. The van der Waals surface area contributed by atoms with Crippen molar-refractivity contribution in [2.24, 2.45) is 5.41 Å². The Bertz CT molecular complexity index is 729. The van der Waals surface area contributed by atoms with Gasteiger partial charge in [0, 0.05) is 43.6 Å². The Kier molecular flexibility index (Phi) is 5.02. The lowest BCUT2D eigenvalue weighted by atomic mass is 9.71. The first-order chi connectivity index (χ1) is 12.6. The van der Waals surface area contributed by atoms with E-state index < -0.39 is 6.10 Å². The summed E-state index contributed by atoms with van der Waals surface area (Å²) in [5.74, 6) is -0.0250. The van der Waals surface area contributed by atoms with Gasteiger partial charge in [-0.2, -0.15) is 0 Å². The van der Waals surface area contributed by atoms with Crippen molar-refractivity contribution >= 4 is 17.4 Å². The Labute approximate surface area is 157 Å². The van der Waals surface area contributed by atoms with E-state index in [1.165, 1.54) is 17.1 Å². The van der Waals surface area contributed by atoms with E-state index in [2.05, 4.69) is 19.6 Å². The number of nitrogens with zero attached hydrogens (tertiary/aromatic N) is 4. The van der Waals surface area contributed by atoms with E-state index in [0.29, 0.717) is 12.1 Å². The van der Waals surface area contributed by atoms with Gasteiger partial charge in [0.1, 0.15) is 0 Å². The predicted molar refractivity (Wildman–Crippen MR) is 99.8 cm³/mol. The highest BCUT2D eigenvalue weighted by Crippen LogP contribution is 2.40. The van der Waals surface area contributed by atoms with Gasteiger partial charge >= 0.3 is 0 Å². The maximum Gasteiger partial charge on any atom is 0.255 e. The van der Waals surface area contributed by atoms with Crippen molar-refractivity contribution in [3.05, 3.63) is 47.2 Å². The standard InChI is InChI=1S/C19H24N4O2S/c24-17-8-19(3-6-22(7-4-19)11-15-9-21-26-13-15)14-23(12-17)18(25)16-2-1-5-20-10-16/h1-2,5,9-10,13,17,24H,3-4,6-8,11-12,14H2. The highest BCUT2D eigenvalue weighted by Gasteiger charge is 2.42. The Balaban J connectivity index is 1.41. The molecule has 2 fully saturated rings. The summed E-state index contributed by atoms with van der Waals surface area (Å²) in [6.45, 7) is 4.08. The van der Waals surface area contributed by atoms with Crippen LogP contribution in [-0.4, -0.2) is 62.5 Å². The Morgan fingerprint density at radius 3 is 2.88 bits per heavy atom. The van der Waals surface area contributed by atoms with Gasteiger partial charge in [0.2, 0.25) is 0 Å². The van der Waals surface area contributed by atoms with Crippen LogP contribution in [0.3, 0.4) is 0 Å². The molecular formula is C19H24N4O2S. The minimum atomic E-state index is -0.447. The lowest BCUT2D eigenvalue weighted by molar-refractivity contribution is -0.0337. The van der Waals surface area contributed by atoms with E-state index in [-0.39, 0.29) is 11.3 Å². The molecule has 2 aliphatic heterocycles. The number of aliphatic hydroxyl groups excluding tert-OH is 1. The molecule has 0 bridgehead atoms. The Morgan fingerprint density at radius 2 is 2.19 bits per heavy atom. The summed E-state index contributed by atoms with van der Waals surface area (Å²) in [7, 11) is 0.